The summed E-state index contributed by atoms with van der Waals surface area (Å²) in [4.78, 5) is 22.4. The number of hydrogen-bond donors (Lipinski definition) is 2. The predicted octanol–water partition coefficient (Wildman–Crippen LogP) is 0.561. The zero-order valence-corrected chi connectivity index (χ0v) is 13.2. The van der Waals surface area contributed by atoms with Crippen LogP contribution in [0.25, 0.3) is 22.8 Å². The number of nitrogens with zero attached hydrogens (tertiary/aromatic N) is 4. The number of H-pyrrole nitrogens is 2. The molecule has 0 aromatic carbocycles. The molecule has 0 saturated carbocycles. The molecule has 0 bridgehead atoms. The van der Waals surface area contributed by atoms with Crippen LogP contribution in [-0.4, -0.2) is 62.3 Å². The van der Waals surface area contributed by atoms with E-state index >= 15 is 0 Å². The molecule has 5 rings (SSSR count). The Morgan fingerprint density at radius 1 is 1.25 bits per heavy atom. The number of rotatable bonds is 2. The van der Waals surface area contributed by atoms with E-state index in [1.165, 1.54) is 5.57 Å². The highest BCUT2D eigenvalue weighted by Crippen LogP contribution is 2.26. The van der Waals surface area contributed by atoms with E-state index in [-0.39, 0.29) is 5.69 Å². The van der Waals surface area contributed by atoms with Crippen molar-refractivity contribution in [3.63, 3.8) is 0 Å². The van der Waals surface area contributed by atoms with Crippen LogP contribution in [0.1, 0.15) is 17.8 Å². The quantitative estimate of drug-likeness (QED) is 0.718. The molecular weight excluding hydrogens is 308 g/mol. The zero-order valence-electron chi connectivity index (χ0n) is 13.2. The van der Waals surface area contributed by atoms with Gasteiger partial charge in [0.1, 0.15) is 5.52 Å². The van der Waals surface area contributed by atoms with Gasteiger partial charge in [-0.3, -0.25) is 10.00 Å². The minimum atomic E-state index is -0.170. The fourth-order valence-corrected chi connectivity index (χ4v) is 3.62. The summed E-state index contributed by atoms with van der Waals surface area (Å²) in [6, 6.07) is 0. The van der Waals surface area contributed by atoms with Gasteiger partial charge in [-0.2, -0.15) is 5.10 Å². The van der Waals surface area contributed by atoms with Gasteiger partial charge in [0, 0.05) is 19.6 Å². The molecule has 8 heteroatoms. The monoisotopic (exact) mass is 326 g/mol. The number of morpholine rings is 1. The Morgan fingerprint density at radius 3 is 3.00 bits per heavy atom. The number of hydrogen-bond acceptors (Lipinski definition) is 5. The first-order valence-electron chi connectivity index (χ1n) is 8.26. The summed E-state index contributed by atoms with van der Waals surface area (Å²) >= 11 is 0. The molecule has 124 valence electrons. The van der Waals surface area contributed by atoms with Crippen molar-refractivity contribution in [1.29, 1.82) is 0 Å². The molecule has 1 aliphatic carbocycles. The van der Waals surface area contributed by atoms with Crippen molar-refractivity contribution in [2.75, 3.05) is 32.8 Å². The van der Waals surface area contributed by atoms with Crippen molar-refractivity contribution in [3.8, 4) is 0 Å². The van der Waals surface area contributed by atoms with E-state index in [1.807, 2.05) is 0 Å². The van der Waals surface area contributed by atoms with E-state index < -0.39 is 0 Å². The molecule has 1 fully saturated rings. The summed E-state index contributed by atoms with van der Waals surface area (Å²) in [5, 5.41) is 6.94. The number of ether oxygens (including phenoxy) is 1. The minimum Gasteiger partial charge on any atom is -0.379 e. The molecule has 1 saturated heterocycles. The third kappa shape index (κ3) is 2.10. The Balaban J connectivity index is 1.60. The van der Waals surface area contributed by atoms with E-state index in [2.05, 4.69) is 31.1 Å². The predicted molar refractivity (Wildman–Crippen MR) is 89.0 cm³/mol. The van der Waals surface area contributed by atoms with Crippen LogP contribution in [0, 0.1) is 0 Å². The van der Waals surface area contributed by atoms with Crippen LogP contribution in [0.3, 0.4) is 0 Å². The van der Waals surface area contributed by atoms with E-state index in [9.17, 15) is 4.79 Å². The van der Waals surface area contributed by atoms with Gasteiger partial charge in [0.05, 0.1) is 36.3 Å². The molecule has 0 unspecified atom stereocenters. The van der Waals surface area contributed by atoms with Crippen LogP contribution in [0.5, 0.6) is 0 Å². The molecule has 3 aromatic rings. The number of aromatic nitrogens is 5. The smallest absolute Gasteiger partial charge is 0.332 e. The van der Waals surface area contributed by atoms with Crippen molar-refractivity contribution < 1.29 is 4.74 Å². The summed E-state index contributed by atoms with van der Waals surface area (Å²) in [6.45, 7) is 4.46. The fourth-order valence-electron chi connectivity index (χ4n) is 3.62. The first-order valence-corrected chi connectivity index (χ1v) is 8.26. The maximum Gasteiger partial charge on any atom is 0.332 e. The lowest BCUT2D eigenvalue weighted by Crippen LogP contribution is -2.37. The lowest BCUT2D eigenvalue weighted by molar-refractivity contribution is 0.0420. The maximum absolute atomic E-state index is 12.5. The Morgan fingerprint density at radius 2 is 2.12 bits per heavy atom. The molecule has 1 aliphatic heterocycles. The van der Waals surface area contributed by atoms with Crippen LogP contribution in [-0.2, 0) is 11.2 Å². The number of imidazole rings is 1. The number of nitrogens with one attached hydrogen (secondary N) is 2. The second-order valence-electron chi connectivity index (χ2n) is 6.38. The van der Waals surface area contributed by atoms with Gasteiger partial charge in [0.25, 0.3) is 0 Å². The van der Waals surface area contributed by atoms with Crippen LogP contribution in [0.2, 0.25) is 0 Å². The molecule has 4 heterocycles. The van der Waals surface area contributed by atoms with Crippen molar-refractivity contribution in [2.24, 2.45) is 0 Å². The highest BCUT2D eigenvalue weighted by molar-refractivity contribution is 5.87. The van der Waals surface area contributed by atoms with E-state index in [0.717, 1.165) is 62.6 Å². The number of aromatic amines is 2. The lowest BCUT2D eigenvalue weighted by atomic mass is 9.99. The van der Waals surface area contributed by atoms with Crippen LogP contribution in [0.4, 0.5) is 0 Å². The number of fused-ring (bicyclic) bond motifs is 5. The molecule has 0 radical (unpaired) electrons. The number of aryl methyl sites for hydroxylation is 1. The molecule has 2 N–H and O–H groups in total. The molecule has 0 amide bonds. The normalized spacial score (nSPS) is 18.9. The van der Waals surface area contributed by atoms with Gasteiger partial charge in [0.15, 0.2) is 5.65 Å². The minimum absolute atomic E-state index is 0.170. The van der Waals surface area contributed by atoms with Crippen molar-refractivity contribution in [1.82, 2.24) is 29.5 Å². The molecule has 24 heavy (non-hydrogen) atoms. The van der Waals surface area contributed by atoms with E-state index in [0.29, 0.717) is 11.2 Å². The zero-order chi connectivity index (χ0) is 16.1. The molecule has 2 aliphatic rings. The molecule has 0 spiro atoms. The van der Waals surface area contributed by atoms with Crippen LogP contribution >= 0.6 is 0 Å². The largest absolute Gasteiger partial charge is 0.379 e. The summed E-state index contributed by atoms with van der Waals surface area (Å²) < 4.78 is 7.07. The highest BCUT2D eigenvalue weighted by Gasteiger charge is 2.22. The second-order valence-corrected chi connectivity index (χ2v) is 6.38. The molecule has 3 aromatic heterocycles. The highest BCUT2D eigenvalue weighted by atomic mass is 16.5. The molecule has 8 nitrogen and oxygen atoms in total. The maximum atomic E-state index is 12.5. The third-order valence-electron chi connectivity index (χ3n) is 4.85. The second kappa shape index (κ2) is 5.29. The SMILES string of the molecule is O=c1[nH]c2cn[nH]c2c2nc3c(n12)C=C(CN1CCOCC1)CC3. The first-order chi connectivity index (χ1) is 11.8. The lowest BCUT2D eigenvalue weighted by Gasteiger charge is -2.28. The summed E-state index contributed by atoms with van der Waals surface area (Å²) in [5.74, 6) is 0. The third-order valence-corrected chi connectivity index (χ3v) is 4.85. The fraction of sp³-hybridized carbons (Fsp3) is 0.438. The standard InChI is InChI=1S/C16H18N6O2/c23-16-19-12-8-17-20-14(12)15-18-11-2-1-10(7-13(11)22(15)16)9-21-3-5-24-6-4-21/h7-8H,1-6,9H2,(H,17,20)(H,19,23). The summed E-state index contributed by atoms with van der Waals surface area (Å²) in [6.07, 6.45) is 5.59. The van der Waals surface area contributed by atoms with Gasteiger partial charge >= 0.3 is 5.69 Å². The van der Waals surface area contributed by atoms with Crippen molar-refractivity contribution in [3.05, 3.63) is 33.6 Å². The van der Waals surface area contributed by atoms with Crippen molar-refractivity contribution in [2.45, 2.75) is 12.8 Å². The van der Waals surface area contributed by atoms with Gasteiger partial charge in [-0.1, -0.05) is 5.57 Å². The topological polar surface area (TPSA) is 91.3 Å². The Hall–Kier alpha value is -2.45. The average Bonchev–Trinajstić information content (AvgIpc) is 3.19. The van der Waals surface area contributed by atoms with Gasteiger partial charge in [-0.05, 0) is 18.9 Å². The molecular formula is C16H18N6O2. The van der Waals surface area contributed by atoms with Gasteiger partial charge in [-0.25, -0.2) is 14.2 Å². The first kappa shape index (κ1) is 13.9. The summed E-state index contributed by atoms with van der Waals surface area (Å²) in [5.41, 5.74) is 5.16. The van der Waals surface area contributed by atoms with Gasteiger partial charge in [0.2, 0.25) is 0 Å². The Bertz CT molecular complexity index is 1000. The van der Waals surface area contributed by atoms with Crippen LogP contribution in [0.15, 0.2) is 16.6 Å². The van der Waals surface area contributed by atoms with Crippen molar-refractivity contribution >= 4 is 22.8 Å². The summed E-state index contributed by atoms with van der Waals surface area (Å²) in [7, 11) is 0. The molecule has 0 atom stereocenters. The van der Waals surface area contributed by atoms with Gasteiger partial charge in [-0.15, -0.1) is 0 Å². The Kier molecular flexibility index (Phi) is 3.07. The van der Waals surface area contributed by atoms with E-state index in [4.69, 9.17) is 4.74 Å². The average molecular weight is 326 g/mol. The van der Waals surface area contributed by atoms with Gasteiger partial charge < -0.3 is 9.72 Å². The van der Waals surface area contributed by atoms with Crippen LogP contribution < -0.4 is 5.69 Å². The Labute approximate surface area is 137 Å². The van der Waals surface area contributed by atoms with E-state index in [1.54, 1.807) is 10.6 Å².